The fourth-order valence-corrected chi connectivity index (χ4v) is 1.94. The molecule has 1 aromatic rings. The highest BCUT2D eigenvalue weighted by atomic mass is 16.5. The molecule has 0 aliphatic carbocycles. The molecule has 118 valence electrons. The predicted molar refractivity (Wildman–Crippen MR) is 82.6 cm³/mol. The molecule has 0 aliphatic rings. The molecule has 0 spiro atoms. The van der Waals surface area contributed by atoms with E-state index >= 15 is 0 Å². The number of methoxy groups -OCH3 is 1. The minimum absolute atomic E-state index is 0.106. The van der Waals surface area contributed by atoms with Gasteiger partial charge in [0.15, 0.2) is 0 Å². The zero-order chi connectivity index (χ0) is 15.3. The van der Waals surface area contributed by atoms with E-state index in [0.717, 1.165) is 38.0 Å². The maximum Gasteiger partial charge on any atom is 0.305 e. The summed E-state index contributed by atoms with van der Waals surface area (Å²) in [5.41, 5.74) is 1.25. The van der Waals surface area contributed by atoms with Gasteiger partial charge >= 0.3 is 5.97 Å². The second-order valence-electron chi connectivity index (χ2n) is 4.85. The SMILES string of the molecule is CCOC(=O)CCCCCOc1ccc(CCOC)cc1. The van der Waals surface area contributed by atoms with Gasteiger partial charge in [0.1, 0.15) is 5.75 Å². The average Bonchev–Trinajstić information content (AvgIpc) is 2.50. The molecule has 0 aliphatic heterocycles. The van der Waals surface area contributed by atoms with Crippen LogP contribution in [0.15, 0.2) is 24.3 Å². The molecule has 4 nitrogen and oxygen atoms in total. The van der Waals surface area contributed by atoms with Gasteiger partial charge in [0, 0.05) is 13.5 Å². The van der Waals surface area contributed by atoms with Crippen LogP contribution in [0, 0.1) is 0 Å². The third-order valence-electron chi connectivity index (χ3n) is 3.12. The monoisotopic (exact) mass is 294 g/mol. The zero-order valence-electron chi connectivity index (χ0n) is 13.1. The molecule has 1 rings (SSSR count). The molecule has 0 fully saturated rings. The predicted octanol–water partition coefficient (Wildman–Crippen LogP) is 3.38. The minimum atomic E-state index is -0.106. The van der Waals surface area contributed by atoms with Gasteiger partial charge in [0.25, 0.3) is 0 Å². The number of rotatable bonds is 11. The van der Waals surface area contributed by atoms with Crippen LogP contribution in [-0.4, -0.2) is 32.9 Å². The van der Waals surface area contributed by atoms with Crippen molar-refractivity contribution >= 4 is 5.97 Å². The second-order valence-corrected chi connectivity index (χ2v) is 4.85. The zero-order valence-corrected chi connectivity index (χ0v) is 13.1. The van der Waals surface area contributed by atoms with Gasteiger partial charge in [-0.2, -0.15) is 0 Å². The molecule has 0 saturated carbocycles. The lowest BCUT2D eigenvalue weighted by atomic mass is 10.1. The Morgan fingerprint density at radius 2 is 1.81 bits per heavy atom. The molecule has 0 bridgehead atoms. The fraction of sp³-hybridized carbons (Fsp3) is 0.588. The quantitative estimate of drug-likeness (QED) is 0.463. The first-order valence-corrected chi connectivity index (χ1v) is 7.62. The van der Waals surface area contributed by atoms with Gasteiger partial charge in [-0.05, 0) is 50.3 Å². The number of hydrogen-bond acceptors (Lipinski definition) is 4. The van der Waals surface area contributed by atoms with Gasteiger partial charge in [-0.25, -0.2) is 0 Å². The Balaban J connectivity index is 2.08. The molecule has 0 atom stereocenters. The van der Waals surface area contributed by atoms with E-state index in [1.807, 2.05) is 19.1 Å². The first-order valence-electron chi connectivity index (χ1n) is 7.62. The fourth-order valence-electron chi connectivity index (χ4n) is 1.94. The third-order valence-corrected chi connectivity index (χ3v) is 3.12. The topological polar surface area (TPSA) is 44.8 Å². The van der Waals surface area contributed by atoms with E-state index in [9.17, 15) is 4.79 Å². The lowest BCUT2D eigenvalue weighted by Gasteiger charge is -2.07. The number of benzene rings is 1. The Labute approximate surface area is 127 Å². The van der Waals surface area contributed by atoms with Gasteiger partial charge in [-0.1, -0.05) is 12.1 Å². The number of unbranched alkanes of at least 4 members (excludes halogenated alkanes) is 2. The smallest absolute Gasteiger partial charge is 0.305 e. The first-order chi connectivity index (χ1) is 10.3. The van der Waals surface area contributed by atoms with Crippen molar-refractivity contribution in [3.8, 4) is 5.75 Å². The largest absolute Gasteiger partial charge is 0.494 e. The standard InChI is InChI=1S/C17H26O4/c1-3-20-17(18)7-5-4-6-13-21-16-10-8-15(9-11-16)12-14-19-2/h8-11H,3-7,12-14H2,1-2H3. The molecular formula is C17H26O4. The second kappa shape index (κ2) is 11.1. The van der Waals surface area contributed by atoms with Crippen LogP contribution < -0.4 is 4.74 Å². The van der Waals surface area contributed by atoms with E-state index in [4.69, 9.17) is 14.2 Å². The molecule has 0 aromatic heterocycles. The Morgan fingerprint density at radius 3 is 2.48 bits per heavy atom. The van der Waals surface area contributed by atoms with E-state index in [1.54, 1.807) is 7.11 Å². The average molecular weight is 294 g/mol. The number of hydrogen-bond donors (Lipinski definition) is 0. The number of carbonyl (C=O) groups excluding carboxylic acids is 1. The van der Waals surface area contributed by atoms with Crippen LogP contribution in [-0.2, 0) is 20.7 Å². The molecule has 21 heavy (non-hydrogen) atoms. The summed E-state index contributed by atoms with van der Waals surface area (Å²) < 4.78 is 15.6. The highest BCUT2D eigenvalue weighted by Crippen LogP contribution is 2.13. The van der Waals surface area contributed by atoms with Crippen LogP contribution in [0.5, 0.6) is 5.75 Å². The summed E-state index contributed by atoms with van der Waals surface area (Å²) in [6.07, 6.45) is 4.21. The van der Waals surface area contributed by atoms with Gasteiger partial charge in [-0.3, -0.25) is 4.79 Å². The highest BCUT2D eigenvalue weighted by molar-refractivity contribution is 5.69. The van der Waals surface area contributed by atoms with Crippen LogP contribution in [0.25, 0.3) is 0 Å². The van der Waals surface area contributed by atoms with Crippen LogP contribution in [0.2, 0.25) is 0 Å². The third kappa shape index (κ3) is 8.35. The molecule has 4 heteroatoms. The molecular weight excluding hydrogens is 268 g/mol. The van der Waals surface area contributed by atoms with Crippen molar-refractivity contribution in [2.75, 3.05) is 26.9 Å². The molecule has 0 unspecified atom stereocenters. The Kier molecular flexibility index (Phi) is 9.29. The molecule has 0 saturated heterocycles. The van der Waals surface area contributed by atoms with Crippen molar-refractivity contribution in [2.24, 2.45) is 0 Å². The highest BCUT2D eigenvalue weighted by Gasteiger charge is 2.01. The van der Waals surface area contributed by atoms with Crippen LogP contribution in [0.4, 0.5) is 0 Å². The lowest BCUT2D eigenvalue weighted by Crippen LogP contribution is -2.04. The van der Waals surface area contributed by atoms with Crippen molar-refractivity contribution in [1.82, 2.24) is 0 Å². The maximum atomic E-state index is 11.1. The van der Waals surface area contributed by atoms with Crippen molar-refractivity contribution in [2.45, 2.75) is 39.0 Å². The summed E-state index contributed by atoms with van der Waals surface area (Å²) in [5.74, 6) is 0.784. The summed E-state index contributed by atoms with van der Waals surface area (Å²) in [7, 11) is 1.71. The molecule has 0 N–H and O–H groups in total. The molecule has 0 heterocycles. The summed E-state index contributed by atoms with van der Waals surface area (Å²) >= 11 is 0. The van der Waals surface area contributed by atoms with Crippen molar-refractivity contribution in [1.29, 1.82) is 0 Å². The number of carbonyl (C=O) groups is 1. The van der Waals surface area contributed by atoms with E-state index < -0.39 is 0 Å². The Morgan fingerprint density at radius 1 is 1.05 bits per heavy atom. The van der Waals surface area contributed by atoms with E-state index in [0.29, 0.717) is 19.6 Å². The lowest BCUT2D eigenvalue weighted by molar-refractivity contribution is -0.143. The first kappa shape index (κ1) is 17.5. The summed E-state index contributed by atoms with van der Waals surface area (Å²) in [5, 5.41) is 0. The van der Waals surface area contributed by atoms with Gasteiger partial charge in [-0.15, -0.1) is 0 Å². The van der Waals surface area contributed by atoms with E-state index in [2.05, 4.69) is 12.1 Å². The number of esters is 1. The Hall–Kier alpha value is -1.55. The van der Waals surface area contributed by atoms with Crippen LogP contribution >= 0.6 is 0 Å². The maximum absolute atomic E-state index is 11.1. The van der Waals surface area contributed by atoms with Crippen LogP contribution in [0.1, 0.15) is 38.2 Å². The molecule has 0 amide bonds. The van der Waals surface area contributed by atoms with E-state index in [1.165, 1.54) is 5.56 Å². The minimum Gasteiger partial charge on any atom is -0.494 e. The summed E-state index contributed by atoms with van der Waals surface area (Å²) in [6.45, 7) is 3.70. The van der Waals surface area contributed by atoms with Gasteiger partial charge < -0.3 is 14.2 Å². The molecule has 1 aromatic carbocycles. The van der Waals surface area contributed by atoms with Crippen molar-refractivity contribution in [3.63, 3.8) is 0 Å². The molecule has 0 radical (unpaired) electrons. The summed E-state index contributed by atoms with van der Waals surface area (Å²) in [6, 6.07) is 8.11. The summed E-state index contributed by atoms with van der Waals surface area (Å²) in [4.78, 5) is 11.1. The van der Waals surface area contributed by atoms with Crippen molar-refractivity contribution < 1.29 is 19.0 Å². The Bertz CT molecular complexity index is 386. The van der Waals surface area contributed by atoms with Gasteiger partial charge in [0.05, 0.1) is 19.8 Å². The normalized spacial score (nSPS) is 10.4. The number of ether oxygens (including phenoxy) is 3. The van der Waals surface area contributed by atoms with E-state index in [-0.39, 0.29) is 5.97 Å². The van der Waals surface area contributed by atoms with Gasteiger partial charge in [0.2, 0.25) is 0 Å². The van der Waals surface area contributed by atoms with Crippen LogP contribution in [0.3, 0.4) is 0 Å². The van der Waals surface area contributed by atoms with Crippen molar-refractivity contribution in [3.05, 3.63) is 29.8 Å².